The van der Waals surface area contributed by atoms with E-state index in [1.165, 1.54) is 18.0 Å². The fourth-order valence-corrected chi connectivity index (χ4v) is 5.12. The number of rotatable bonds is 10. The Labute approximate surface area is 224 Å². The molecular formula is C28H32ClN3O4S. The van der Waals surface area contributed by atoms with Crippen LogP contribution >= 0.6 is 11.6 Å². The van der Waals surface area contributed by atoms with Gasteiger partial charge >= 0.3 is 0 Å². The van der Waals surface area contributed by atoms with Crippen LogP contribution in [-0.2, 0) is 32.6 Å². The number of hydrogen-bond acceptors (Lipinski definition) is 4. The van der Waals surface area contributed by atoms with Crippen LogP contribution in [0.15, 0.2) is 72.8 Å². The minimum atomic E-state index is -3.85. The molecule has 0 heterocycles. The summed E-state index contributed by atoms with van der Waals surface area (Å²) >= 11 is 6.16. The summed E-state index contributed by atoms with van der Waals surface area (Å²) in [4.78, 5) is 28.5. The first-order chi connectivity index (χ1) is 17.5. The number of halogens is 1. The third-order valence-electron chi connectivity index (χ3n) is 6.11. The molecule has 0 aromatic heterocycles. The number of carbonyl (C=O) groups is 2. The molecule has 1 N–H and O–H groups in total. The van der Waals surface area contributed by atoms with Crippen LogP contribution < -0.4 is 9.62 Å². The molecule has 0 saturated heterocycles. The minimum absolute atomic E-state index is 0.135. The Morgan fingerprint density at radius 3 is 2.19 bits per heavy atom. The van der Waals surface area contributed by atoms with E-state index in [1.807, 2.05) is 61.5 Å². The summed E-state index contributed by atoms with van der Waals surface area (Å²) in [5, 5.41) is 3.02. The van der Waals surface area contributed by atoms with Crippen LogP contribution in [0, 0.1) is 13.8 Å². The summed E-state index contributed by atoms with van der Waals surface area (Å²) in [6.07, 6.45) is 1.32. The molecule has 9 heteroatoms. The molecule has 0 aliphatic heterocycles. The highest BCUT2D eigenvalue weighted by atomic mass is 35.5. The molecule has 3 rings (SSSR count). The SMILES string of the molecule is CNC(=O)C(Cc1ccccc1)N(Cc1ccc(C)cc1)C(=O)CN(c1cc(Cl)ccc1C)S(C)(=O)=O. The first kappa shape index (κ1) is 28.2. The number of benzene rings is 3. The summed E-state index contributed by atoms with van der Waals surface area (Å²) in [5.74, 6) is -0.843. The molecule has 0 fully saturated rings. The van der Waals surface area contributed by atoms with Crippen molar-refractivity contribution in [3.63, 3.8) is 0 Å². The number of nitrogens with one attached hydrogen (secondary N) is 1. The van der Waals surface area contributed by atoms with E-state index in [-0.39, 0.29) is 18.9 Å². The topological polar surface area (TPSA) is 86.8 Å². The second-order valence-corrected chi connectivity index (χ2v) is 11.4. The molecule has 0 aliphatic rings. The normalized spacial score (nSPS) is 12.0. The molecule has 196 valence electrons. The highest BCUT2D eigenvalue weighted by molar-refractivity contribution is 7.92. The fourth-order valence-electron chi connectivity index (χ4n) is 4.06. The van der Waals surface area contributed by atoms with Crippen LogP contribution in [0.5, 0.6) is 0 Å². The van der Waals surface area contributed by atoms with Crippen LogP contribution in [0.4, 0.5) is 5.69 Å². The van der Waals surface area contributed by atoms with Gasteiger partial charge in [-0.3, -0.25) is 13.9 Å². The molecule has 1 atom stereocenters. The van der Waals surface area contributed by atoms with Gasteiger partial charge in [0.15, 0.2) is 0 Å². The van der Waals surface area contributed by atoms with Gasteiger partial charge < -0.3 is 10.2 Å². The van der Waals surface area contributed by atoms with Gasteiger partial charge in [-0.25, -0.2) is 8.42 Å². The maximum Gasteiger partial charge on any atom is 0.244 e. The quantitative estimate of drug-likeness (QED) is 0.418. The van der Waals surface area contributed by atoms with E-state index in [2.05, 4.69) is 5.32 Å². The molecule has 0 bridgehead atoms. The van der Waals surface area contributed by atoms with Gasteiger partial charge in [0.1, 0.15) is 12.6 Å². The summed E-state index contributed by atoms with van der Waals surface area (Å²) in [7, 11) is -2.33. The Morgan fingerprint density at radius 1 is 0.946 bits per heavy atom. The molecule has 0 radical (unpaired) electrons. The van der Waals surface area contributed by atoms with Crippen molar-refractivity contribution in [2.45, 2.75) is 32.9 Å². The lowest BCUT2D eigenvalue weighted by Gasteiger charge is -2.33. The van der Waals surface area contributed by atoms with Gasteiger partial charge in [0, 0.05) is 25.0 Å². The number of amides is 2. The number of anilines is 1. The summed E-state index contributed by atoms with van der Waals surface area (Å²) in [6, 6.07) is 21.1. The number of hydrogen-bond donors (Lipinski definition) is 1. The van der Waals surface area contributed by atoms with Crippen LogP contribution in [0.1, 0.15) is 22.3 Å². The molecule has 7 nitrogen and oxygen atoms in total. The molecule has 1 unspecified atom stereocenters. The molecule has 0 aliphatic carbocycles. The maximum absolute atomic E-state index is 13.9. The summed E-state index contributed by atoms with van der Waals surface area (Å²) in [5.41, 5.74) is 3.74. The summed E-state index contributed by atoms with van der Waals surface area (Å²) in [6.45, 7) is 3.37. The highest BCUT2D eigenvalue weighted by Crippen LogP contribution is 2.27. The first-order valence-electron chi connectivity index (χ1n) is 11.8. The number of carbonyl (C=O) groups excluding carboxylic acids is 2. The highest BCUT2D eigenvalue weighted by Gasteiger charge is 2.33. The van der Waals surface area contributed by atoms with Crippen molar-refractivity contribution in [2.75, 3.05) is 24.2 Å². The van der Waals surface area contributed by atoms with Gasteiger partial charge in [-0.2, -0.15) is 0 Å². The lowest BCUT2D eigenvalue weighted by molar-refractivity contribution is -0.139. The Morgan fingerprint density at radius 2 is 1.59 bits per heavy atom. The zero-order valence-electron chi connectivity index (χ0n) is 21.4. The number of nitrogens with zero attached hydrogens (tertiary/aromatic N) is 2. The van der Waals surface area contributed by atoms with Gasteiger partial charge in [-0.1, -0.05) is 77.8 Å². The van der Waals surface area contributed by atoms with Crippen LogP contribution in [0.3, 0.4) is 0 Å². The van der Waals surface area contributed by atoms with E-state index in [0.29, 0.717) is 16.3 Å². The van der Waals surface area contributed by atoms with Crippen molar-refractivity contribution < 1.29 is 18.0 Å². The van der Waals surface area contributed by atoms with Crippen molar-refractivity contribution in [3.05, 3.63) is 100 Å². The maximum atomic E-state index is 13.9. The van der Waals surface area contributed by atoms with E-state index in [4.69, 9.17) is 11.6 Å². The minimum Gasteiger partial charge on any atom is -0.357 e. The summed E-state index contributed by atoms with van der Waals surface area (Å²) < 4.78 is 26.7. The van der Waals surface area contributed by atoms with Gasteiger partial charge in [-0.05, 0) is 42.7 Å². The van der Waals surface area contributed by atoms with E-state index in [9.17, 15) is 18.0 Å². The fraction of sp³-hybridized carbons (Fsp3) is 0.286. The predicted molar refractivity (Wildman–Crippen MR) is 148 cm³/mol. The Balaban J connectivity index is 2.04. The Kier molecular flexibility index (Phi) is 9.34. The van der Waals surface area contributed by atoms with Crippen molar-refractivity contribution in [2.24, 2.45) is 0 Å². The Hall–Kier alpha value is -3.36. The average Bonchev–Trinajstić information content (AvgIpc) is 2.86. The number of sulfonamides is 1. The molecular weight excluding hydrogens is 510 g/mol. The average molecular weight is 542 g/mol. The number of aryl methyl sites for hydroxylation is 2. The van der Waals surface area contributed by atoms with Crippen molar-refractivity contribution in [1.29, 1.82) is 0 Å². The molecule has 3 aromatic rings. The van der Waals surface area contributed by atoms with E-state index >= 15 is 0 Å². The van der Waals surface area contributed by atoms with Gasteiger partial charge in [-0.15, -0.1) is 0 Å². The predicted octanol–water partition coefficient (Wildman–Crippen LogP) is 4.11. The van der Waals surface area contributed by atoms with Gasteiger partial charge in [0.05, 0.1) is 11.9 Å². The van der Waals surface area contributed by atoms with E-state index < -0.39 is 28.5 Å². The first-order valence-corrected chi connectivity index (χ1v) is 14.1. The molecule has 3 aromatic carbocycles. The standard InChI is InChI=1S/C28H32ClN3O4S/c1-20-10-13-23(14-11-20)18-31(26(28(34)30-3)16-22-8-6-5-7-9-22)27(33)19-32(37(4,35)36)25-17-24(29)15-12-21(25)2/h5-15,17,26H,16,18-19H2,1-4H3,(H,30,34). The molecule has 37 heavy (non-hydrogen) atoms. The molecule has 0 spiro atoms. The van der Waals surface area contributed by atoms with Crippen molar-refractivity contribution in [3.8, 4) is 0 Å². The van der Waals surface area contributed by atoms with E-state index in [1.54, 1.807) is 19.1 Å². The lowest BCUT2D eigenvalue weighted by Crippen LogP contribution is -2.53. The zero-order chi connectivity index (χ0) is 27.2. The zero-order valence-corrected chi connectivity index (χ0v) is 23.0. The third kappa shape index (κ3) is 7.57. The lowest BCUT2D eigenvalue weighted by atomic mass is 10.0. The van der Waals surface area contributed by atoms with Crippen molar-refractivity contribution >= 4 is 39.1 Å². The van der Waals surface area contributed by atoms with Crippen molar-refractivity contribution in [1.82, 2.24) is 10.2 Å². The van der Waals surface area contributed by atoms with Gasteiger partial charge in [0.2, 0.25) is 21.8 Å². The molecule has 2 amide bonds. The number of likely N-dealkylation sites (N-methyl/N-ethyl adjacent to an activating group) is 1. The second-order valence-electron chi connectivity index (χ2n) is 9.03. The van der Waals surface area contributed by atoms with Crippen LogP contribution in [0.25, 0.3) is 0 Å². The second kappa shape index (κ2) is 12.3. The van der Waals surface area contributed by atoms with Crippen LogP contribution in [-0.4, -0.2) is 51.0 Å². The Bertz CT molecular complexity index is 1350. The smallest absolute Gasteiger partial charge is 0.244 e. The third-order valence-corrected chi connectivity index (χ3v) is 7.47. The van der Waals surface area contributed by atoms with E-state index in [0.717, 1.165) is 27.3 Å². The van der Waals surface area contributed by atoms with Gasteiger partial charge in [0.25, 0.3) is 0 Å². The van der Waals surface area contributed by atoms with Crippen LogP contribution in [0.2, 0.25) is 5.02 Å². The molecule has 0 saturated carbocycles. The monoisotopic (exact) mass is 541 g/mol. The largest absolute Gasteiger partial charge is 0.357 e.